The van der Waals surface area contributed by atoms with Crippen molar-refractivity contribution in [2.45, 2.75) is 18.9 Å². The van der Waals surface area contributed by atoms with Gasteiger partial charge < -0.3 is 18.8 Å². The van der Waals surface area contributed by atoms with Gasteiger partial charge in [0.25, 0.3) is 5.19 Å². The lowest BCUT2D eigenvalue weighted by Gasteiger charge is -2.30. The van der Waals surface area contributed by atoms with Crippen LogP contribution >= 0.6 is 11.3 Å². The Morgan fingerprint density at radius 3 is 2.93 bits per heavy atom. The van der Waals surface area contributed by atoms with Crippen molar-refractivity contribution >= 4 is 33.5 Å². The number of fused-ring (bicyclic) bond motifs is 1. The van der Waals surface area contributed by atoms with Crippen LogP contribution in [-0.2, 0) is 4.79 Å². The van der Waals surface area contributed by atoms with E-state index in [9.17, 15) is 4.79 Å². The number of carbonyl (C=O) groups is 1. The van der Waals surface area contributed by atoms with Gasteiger partial charge in [-0.05, 0) is 36.4 Å². The third-order valence-corrected chi connectivity index (χ3v) is 5.44. The van der Waals surface area contributed by atoms with Gasteiger partial charge in [-0.25, -0.2) is 4.98 Å². The molecule has 0 spiro atoms. The van der Waals surface area contributed by atoms with E-state index >= 15 is 0 Å². The van der Waals surface area contributed by atoms with E-state index in [0.717, 1.165) is 28.8 Å². The first-order chi connectivity index (χ1) is 13.2. The summed E-state index contributed by atoms with van der Waals surface area (Å²) in [5, 5.41) is 0.667. The van der Waals surface area contributed by atoms with Crippen molar-refractivity contribution in [3.63, 3.8) is 0 Å². The Bertz CT molecular complexity index is 940. The van der Waals surface area contributed by atoms with Gasteiger partial charge >= 0.3 is 0 Å². The number of carbonyl (C=O) groups excluding carboxylic acids is 1. The van der Waals surface area contributed by atoms with Crippen LogP contribution < -0.4 is 9.47 Å². The van der Waals surface area contributed by atoms with Gasteiger partial charge in [-0.3, -0.25) is 4.79 Å². The summed E-state index contributed by atoms with van der Waals surface area (Å²) in [7, 11) is 1.65. The van der Waals surface area contributed by atoms with E-state index in [0.29, 0.717) is 24.0 Å². The Morgan fingerprint density at radius 2 is 2.19 bits per heavy atom. The van der Waals surface area contributed by atoms with Crippen LogP contribution in [0.25, 0.3) is 16.3 Å². The Kier molecular flexibility index (Phi) is 5.11. The SMILES string of the molecule is COc1ccc2nc(OC3CCN(C(=O)C=Cc4ccco4)CC3)sc2c1. The summed E-state index contributed by atoms with van der Waals surface area (Å²) in [5.74, 6) is 1.48. The molecule has 0 atom stereocenters. The van der Waals surface area contributed by atoms with E-state index in [4.69, 9.17) is 13.9 Å². The number of methoxy groups -OCH3 is 1. The maximum atomic E-state index is 12.3. The molecule has 2 aromatic heterocycles. The van der Waals surface area contributed by atoms with E-state index in [2.05, 4.69) is 4.98 Å². The number of ether oxygens (including phenoxy) is 2. The molecule has 6 nitrogen and oxygen atoms in total. The molecule has 1 aliphatic heterocycles. The molecule has 140 valence electrons. The molecule has 7 heteroatoms. The summed E-state index contributed by atoms with van der Waals surface area (Å²) in [4.78, 5) is 18.6. The normalized spacial score (nSPS) is 15.5. The number of hydrogen-bond acceptors (Lipinski definition) is 6. The van der Waals surface area contributed by atoms with Crippen molar-refractivity contribution in [3.05, 3.63) is 48.4 Å². The predicted octanol–water partition coefficient (Wildman–Crippen LogP) is 3.98. The number of piperidine rings is 1. The van der Waals surface area contributed by atoms with Gasteiger partial charge in [-0.15, -0.1) is 0 Å². The lowest BCUT2D eigenvalue weighted by molar-refractivity contribution is -0.127. The Morgan fingerprint density at radius 1 is 1.33 bits per heavy atom. The van der Waals surface area contributed by atoms with E-state index in [1.54, 1.807) is 31.6 Å². The molecule has 1 saturated heterocycles. The fourth-order valence-corrected chi connectivity index (χ4v) is 3.95. The number of benzene rings is 1. The summed E-state index contributed by atoms with van der Waals surface area (Å²) >= 11 is 1.52. The van der Waals surface area contributed by atoms with Crippen molar-refractivity contribution in [1.29, 1.82) is 0 Å². The molecule has 0 unspecified atom stereocenters. The van der Waals surface area contributed by atoms with Crippen LogP contribution in [0, 0.1) is 0 Å². The first kappa shape index (κ1) is 17.6. The lowest BCUT2D eigenvalue weighted by atomic mass is 10.1. The van der Waals surface area contributed by atoms with Crippen molar-refractivity contribution in [2.24, 2.45) is 0 Å². The van der Waals surface area contributed by atoms with Crippen LogP contribution in [-0.4, -0.2) is 42.1 Å². The maximum absolute atomic E-state index is 12.3. The zero-order valence-corrected chi connectivity index (χ0v) is 15.8. The topological polar surface area (TPSA) is 64.8 Å². The Balaban J connectivity index is 1.32. The molecule has 3 heterocycles. The van der Waals surface area contributed by atoms with E-state index in [1.165, 1.54) is 11.3 Å². The van der Waals surface area contributed by atoms with Gasteiger partial charge in [0.2, 0.25) is 5.91 Å². The first-order valence-corrected chi connectivity index (χ1v) is 9.64. The van der Waals surface area contributed by atoms with Gasteiger partial charge in [0.15, 0.2) is 0 Å². The number of hydrogen-bond donors (Lipinski definition) is 0. The van der Waals surface area contributed by atoms with Crippen LogP contribution in [0.2, 0.25) is 0 Å². The number of aromatic nitrogens is 1. The average molecular weight is 384 g/mol. The van der Waals surface area contributed by atoms with Crippen LogP contribution in [0.3, 0.4) is 0 Å². The van der Waals surface area contributed by atoms with E-state index in [1.807, 2.05) is 29.2 Å². The summed E-state index contributed by atoms with van der Waals surface area (Å²) in [6.07, 6.45) is 6.50. The molecule has 0 radical (unpaired) electrons. The van der Waals surface area contributed by atoms with Gasteiger partial charge in [0.05, 0.1) is 23.6 Å². The minimum Gasteiger partial charge on any atom is -0.497 e. The molecule has 1 amide bonds. The zero-order chi connectivity index (χ0) is 18.6. The standard InChI is InChI=1S/C20H20N2O4S/c1-24-16-4-6-17-18(13-16)27-20(21-17)26-15-8-10-22(11-9-15)19(23)7-5-14-3-2-12-25-14/h2-7,12-13,15H,8-11H2,1H3. The molecular formula is C20H20N2O4S. The highest BCUT2D eigenvalue weighted by Crippen LogP contribution is 2.32. The maximum Gasteiger partial charge on any atom is 0.274 e. The molecule has 27 heavy (non-hydrogen) atoms. The predicted molar refractivity (Wildman–Crippen MR) is 104 cm³/mol. The largest absolute Gasteiger partial charge is 0.497 e. The number of thiazole rings is 1. The Hall–Kier alpha value is -2.80. The van der Waals surface area contributed by atoms with Crippen LogP contribution in [0.1, 0.15) is 18.6 Å². The smallest absolute Gasteiger partial charge is 0.274 e. The molecule has 4 rings (SSSR count). The summed E-state index contributed by atoms with van der Waals surface area (Å²) in [6, 6.07) is 9.41. The van der Waals surface area contributed by atoms with Crippen LogP contribution in [0.4, 0.5) is 0 Å². The fourth-order valence-electron chi connectivity index (χ4n) is 3.04. The number of rotatable bonds is 5. The monoisotopic (exact) mass is 384 g/mol. The zero-order valence-electron chi connectivity index (χ0n) is 15.0. The van der Waals surface area contributed by atoms with Crippen molar-refractivity contribution < 1.29 is 18.7 Å². The summed E-state index contributed by atoms with van der Waals surface area (Å²) in [6.45, 7) is 1.34. The Labute approximate surface area is 161 Å². The third-order valence-electron chi connectivity index (χ3n) is 4.53. The minimum atomic E-state index is -0.00284. The number of furan rings is 1. The average Bonchev–Trinajstić information content (AvgIpc) is 3.35. The quantitative estimate of drug-likeness (QED) is 0.623. The number of nitrogens with zero attached hydrogens (tertiary/aromatic N) is 2. The molecule has 1 fully saturated rings. The third kappa shape index (κ3) is 4.14. The van der Waals surface area contributed by atoms with Gasteiger partial charge in [-0.2, -0.15) is 0 Å². The fraction of sp³-hybridized carbons (Fsp3) is 0.300. The lowest BCUT2D eigenvalue weighted by Crippen LogP contribution is -2.41. The number of likely N-dealkylation sites (tertiary alicyclic amines) is 1. The van der Waals surface area contributed by atoms with Crippen molar-refractivity contribution in [3.8, 4) is 10.9 Å². The van der Waals surface area contributed by atoms with Crippen LogP contribution in [0.5, 0.6) is 10.9 Å². The van der Waals surface area contributed by atoms with Gasteiger partial charge in [0.1, 0.15) is 17.6 Å². The second-order valence-corrected chi connectivity index (χ2v) is 7.30. The minimum absolute atomic E-state index is 0.00284. The highest BCUT2D eigenvalue weighted by atomic mass is 32.1. The first-order valence-electron chi connectivity index (χ1n) is 8.83. The highest BCUT2D eigenvalue weighted by Gasteiger charge is 2.23. The molecule has 1 aliphatic rings. The van der Waals surface area contributed by atoms with Gasteiger partial charge in [-0.1, -0.05) is 11.3 Å². The molecule has 0 bridgehead atoms. The summed E-state index contributed by atoms with van der Waals surface area (Å²) in [5.41, 5.74) is 0.909. The molecule has 0 N–H and O–H groups in total. The molecule has 0 saturated carbocycles. The van der Waals surface area contributed by atoms with Crippen molar-refractivity contribution in [1.82, 2.24) is 9.88 Å². The van der Waals surface area contributed by atoms with Gasteiger partial charge in [0, 0.05) is 32.0 Å². The molecule has 3 aromatic rings. The van der Waals surface area contributed by atoms with Crippen LogP contribution in [0.15, 0.2) is 47.1 Å². The molecule has 1 aromatic carbocycles. The molecular weight excluding hydrogens is 364 g/mol. The second kappa shape index (κ2) is 7.84. The second-order valence-electron chi connectivity index (χ2n) is 6.30. The van der Waals surface area contributed by atoms with E-state index < -0.39 is 0 Å². The number of amides is 1. The highest BCUT2D eigenvalue weighted by molar-refractivity contribution is 7.20. The van der Waals surface area contributed by atoms with Crippen molar-refractivity contribution in [2.75, 3.05) is 20.2 Å². The summed E-state index contributed by atoms with van der Waals surface area (Å²) < 4.78 is 17.5. The molecule has 0 aliphatic carbocycles. The van der Waals surface area contributed by atoms with E-state index in [-0.39, 0.29) is 12.0 Å².